The Bertz CT molecular complexity index is 1590. The Labute approximate surface area is 368 Å². The first-order valence-electron chi connectivity index (χ1n) is 22.0. The normalized spacial score (nSPS) is 12.8. The van der Waals surface area contributed by atoms with Crippen molar-refractivity contribution in [1.82, 2.24) is 5.32 Å². The Balaban J connectivity index is 2.19. The van der Waals surface area contributed by atoms with Gasteiger partial charge in [0.2, 0.25) is 0 Å². The van der Waals surface area contributed by atoms with E-state index in [0.717, 1.165) is 51.4 Å². The fourth-order valence-electron chi connectivity index (χ4n) is 6.44. The minimum Gasteiger partial charge on any atom is -0.486 e. The molecule has 0 amide bonds. The fraction of sp³-hybridized carbons (Fsp3) is 0.652. The zero-order valence-corrected chi connectivity index (χ0v) is 37.8. The topological polar surface area (TPSA) is 203 Å². The maximum Gasteiger partial charge on any atom is 0.325 e. The summed E-state index contributed by atoms with van der Waals surface area (Å²) in [6, 6.07) is 13.2. The molecule has 0 spiro atoms. The van der Waals surface area contributed by atoms with Crippen LogP contribution >= 0.6 is 0 Å². The summed E-state index contributed by atoms with van der Waals surface area (Å²) in [6.45, 7) is 9.88. The number of unbranched alkanes of at least 4 members (excludes halogenated alkanes) is 6. The van der Waals surface area contributed by atoms with E-state index in [4.69, 9.17) is 28.4 Å². The molecule has 0 heterocycles. The van der Waals surface area contributed by atoms with Crippen molar-refractivity contribution in [2.24, 2.45) is 0 Å². The maximum absolute atomic E-state index is 13.0. The SMILES string of the molecule is CCCCCCC(C)OCCOC(=O)CN(CC(=O)O)c1ccccc1OCC(NC(C)(C)CO)Oc1ccccc1N(CC(=O)O)CC(=O)OCCOC(C)CCCCCC. The molecular formula is C46H73N3O13. The highest BCUT2D eigenvalue weighted by Gasteiger charge is 2.27. The van der Waals surface area contributed by atoms with Crippen LogP contribution in [0.3, 0.4) is 0 Å². The molecular weight excluding hydrogens is 803 g/mol. The number of carbonyl (C=O) groups excluding carboxylic acids is 2. The summed E-state index contributed by atoms with van der Waals surface area (Å²) in [6.07, 6.45) is 9.96. The second-order valence-corrected chi connectivity index (χ2v) is 16.0. The Morgan fingerprint density at radius 1 is 0.645 bits per heavy atom. The minimum atomic E-state index is -1.19. The summed E-state index contributed by atoms with van der Waals surface area (Å²) < 4.78 is 35.0. The molecule has 0 radical (unpaired) electrons. The predicted octanol–water partition coefficient (Wildman–Crippen LogP) is 6.45. The van der Waals surface area contributed by atoms with Gasteiger partial charge in [-0.3, -0.25) is 24.5 Å². The van der Waals surface area contributed by atoms with Gasteiger partial charge in [0.15, 0.2) is 6.23 Å². The quantitative estimate of drug-likeness (QED) is 0.0330. The van der Waals surface area contributed by atoms with Crippen molar-refractivity contribution in [3.8, 4) is 11.5 Å². The first-order valence-corrected chi connectivity index (χ1v) is 22.0. The molecule has 0 saturated carbocycles. The number of carbonyl (C=O) groups is 4. The average molecular weight is 876 g/mol. The van der Waals surface area contributed by atoms with E-state index in [1.165, 1.54) is 22.6 Å². The lowest BCUT2D eigenvalue weighted by Crippen LogP contribution is -2.53. The number of nitrogens with one attached hydrogen (secondary N) is 1. The summed E-state index contributed by atoms with van der Waals surface area (Å²) in [7, 11) is 0. The van der Waals surface area contributed by atoms with Gasteiger partial charge in [-0.1, -0.05) is 89.5 Å². The lowest BCUT2D eigenvalue weighted by atomic mass is 10.1. The molecule has 350 valence electrons. The Morgan fingerprint density at radius 2 is 1.10 bits per heavy atom. The lowest BCUT2D eigenvalue weighted by Gasteiger charge is -2.32. The van der Waals surface area contributed by atoms with Crippen LogP contribution in [0.4, 0.5) is 11.4 Å². The van der Waals surface area contributed by atoms with Crippen molar-refractivity contribution in [2.75, 3.05) is 75.6 Å². The maximum atomic E-state index is 13.0. The average Bonchev–Trinajstić information content (AvgIpc) is 3.23. The van der Waals surface area contributed by atoms with Gasteiger partial charge in [-0.05, 0) is 64.8 Å². The third-order valence-corrected chi connectivity index (χ3v) is 9.74. The van der Waals surface area contributed by atoms with E-state index in [0.29, 0.717) is 5.69 Å². The summed E-state index contributed by atoms with van der Waals surface area (Å²) >= 11 is 0. The first kappa shape index (κ1) is 53.5. The molecule has 0 aliphatic carbocycles. The van der Waals surface area contributed by atoms with Gasteiger partial charge in [-0.2, -0.15) is 0 Å². The van der Waals surface area contributed by atoms with Crippen molar-refractivity contribution >= 4 is 35.3 Å². The van der Waals surface area contributed by atoms with Gasteiger partial charge in [-0.15, -0.1) is 0 Å². The van der Waals surface area contributed by atoms with Crippen molar-refractivity contribution < 1.29 is 62.9 Å². The van der Waals surface area contributed by atoms with Gasteiger partial charge >= 0.3 is 23.9 Å². The van der Waals surface area contributed by atoms with Gasteiger partial charge < -0.3 is 53.5 Å². The van der Waals surface area contributed by atoms with Crippen molar-refractivity contribution in [3.05, 3.63) is 48.5 Å². The molecule has 0 saturated heterocycles. The number of carboxylic acid groups (broad SMARTS) is 2. The number of ether oxygens (including phenoxy) is 6. The number of hydrogen-bond acceptors (Lipinski definition) is 14. The number of benzene rings is 2. The molecule has 0 bridgehead atoms. The molecule has 3 atom stereocenters. The minimum absolute atomic E-state index is 0.0108. The number of rotatable bonds is 36. The number of hydrogen-bond donors (Lipinski definition) is 4. The van der Waals surface area contributed by atoms with E-state index >= 15 is 0 Å². The van der Waals surface area contributed by atoms with Gasteiger partial charge in [0.05, 0.1) is 43.4 Å². The molecule has 16 nitrogen and oxygen atoms in total. The molecule has 0 aliphatic rings. The van der Waals surface area contributed by atoms with Gasteiger partial charge in [0.25, 0.3) is 0 Å². The van der Waals surface area contributed by atoms with Crippen LogP contribution in [0.15, 0.2) is 48.5 Å². The fourth-order valence-corrected chi connectivity index (χ4v) is 6.44. The molecule has 16 heteroatoms. The summed E-state index contributed by atoms with van der Waals surface area (Å²) in [5, 5.41) is 32.9. The Hall–Kier alpha value is -4.64. The molecule has 2 rings (SSSR count). The second-order valence-electron chi connectivity index (χ2n) is 16.0. The number of aliphatic hydroxyl groups excluding tert-OH is 1. The monoisotopic (exact) mass is 876 g/mol. The number of anilines is 2. The first-order chi connectivity index (χ1) is 29.7. The Morgan fingerprint density at radius 3 is 1.55 bits per heavy atom. The molecule has 0 aromatic heterocycles. The summed E-state index contributed by atoms with van der Waals surface area (Å²) in [5.41, 5.74) is -0.296. The van der Waals surface area contributed by atoms with Crippen LogP contribution in [0, 0.1) is 0 Å². The van der Waals surface area contributed by atoms with Crippen LogP contribution in [-0.2, 0) is 38.1 Å². The smallest absolute Gasteiger partial charge is 0.325 e. The van der Waals surface area contributed by atoms with Gasteiger partial charge in [-0.25, -0.2) is 0 Å². The number of carboxylic acids is 2. The lowest BCUT2D eigenvalue weighted by molar-refractivity contribution is -0.145. The predicted molar refractivity (Wildman–Crippen MR) is 237 cm³/mol. The van der Waals surface area contributed by atoms with Crippen LogP contribution in [0.1, 0.15) is 106 Å². The third-order valence-electron chi connectivity index (χ3n) is 9.74. The highest BCUT2D eigenvalue weighted by molar-refractivity contribution is 5.82. The van der Waals surface area contributed by atoms with Crippen LogP contribution < -0.4 is 24.6 Å². The molecule has 2 aromatic carbocycles. The highest BCUT2D eigenvalue weighted by Crippen LogP contribution is 2.31. The van der Waals surface area contributed by atoms with Crippen LogP contribution in [0.5, 0.6) is 11.5 Å². The molecule has 4 N–H and O–H groups in total. The second kappa shape index (κ2) is 30.4. The third kappa shape index (κ3) is 23.0. The van der Waals surface area contributed by atoms with E-state index in [-0.39, 0.29) is 75.6 Å². The zero-order chi connectivity index (χ0) is 45.8. The van der Waals surface area contributed by atoms with Crippen LogP contribution in [-0.4, -0.2) is 129 Å². The van der Waals surface area contributed by atoms with Crippen LogP contribution in [0.2, 0.25) is 0 Å². The highest BCUT2D eigenvalue weighted by atomic mass is 16.6. The van der Waals surface area contributed by atoms with Gasteiger partial charge in [0, 0.05) is 5.54 Å². The van der Waals surface area contributed by atoms with Gasteiger partial charge in [0.1, 0.15) is 57.5 Å². The number of aliphatic hydroxyl groups is 1. The molecule has 0 aliphatic heterocycles. The standard InChI is InChI=1S/C46H73N3O13/c1-7-9-11-13-19-35(3)57-25-27-59-44(55)31-48(29-42(51)52)37-21-15-17-23-39(37)61-33-41(47-46(5,6)34-50)62-40-24-18-16-22-38(40)49(30-43(53)54)32-45(56)60-28-26-58-36(4)20-14-12-10-8-2/h15-18,21-24,35-36,41,47,50H,7-14,19-20,25-34H2,1-6H3,(H,51,52)(H,53,54). The number of esters is 2. The summed E-state index contributed by atoms with van der Waals surface area (Å²) in [5.74, 6) is -3.22. The van der Waals surface area contributed by atoms with Crippen molar-refractivity contribution in [2.45, 2.75) is 130 Å². The van der Waals surface area contributed by atoms with E-state index in [2.05, 4.69) is 19.2 Å². The van der Waals surface area contributed by atoms with E-state index in [9.17, 15) is 34.5 Å². The zero-order valence-electron chi connectivity index (χ0n) is 37.8. The van der Waals surface area contributed by atoms with Crippen LogP contribution in [0.25, 0.3) is 0 Å². The number of aliphatic carboxylic acids is 2. The van der Waals surface area contributed by atoms with E-state index in [1.807, 2.05) is 13.8 Å². The number of para-hydroxylation sites is 4. The van der Waals surface area contributed by atoms with E-state index in [1.54, 1.807) is 62.4 Å². The van der Waals surface area contributed by atoms with E-state index < -0.39 is 55.3 Å². The summed E-state index contributed by atoms with van der Waals surface area (Å²) in [4.78, 5) is 52.6. The largest absolute Gasteiger partial charge is 0.486 e. The van der Waals surface area contributed by atoms with Crippen molar-refractivity contribution in [3.63, 3.8) is 0 Å². The Kier molecular flexibility index (Phi) is 26.2. The van der Waals surface area contributed by atoms with Crippen molar-refractivity contribution in [1.29, 1.82) is 0 Å². The molecule has 62 heavy (non-hydrogen) atoms. The molecule has 2 aromatic rings. The molecule has 0 fully saturated rings. The molecule has 3 unspecified atom stereocenters. The number of nitrogens with zero attached hydrogens (tertiary/aromatic N) is 2.